The lowest BCUT2D eigenvalue weighted by atomic mass is 9.33. The summed E-state index contributed by atoms with van der Waals surface area (Å²) in [7, 11) is 0. The maximum absolute atomic E-state index is 2.53. The van der Waals surface area contributed by atoms with E-state index in [9.17, 15) is 0 Å². The first-order valence-corrected chi connectivity index (χ1v) is 19.7. The first kappa shape index (κ1) is 33.0. The van der Waals surface area contributed by atoms with E-state index in [-0.39, 0.29) is 6.71 Å². The summed E-state index contributed by atoms with van der Waals surface area (Å²) < 4.78 is 0. The Morgan fingerprint density at radius 3 is 1.46 bits per heavy atom. The van der Waals surface area contributed by atoms with Gasteiger partial charge in [-0.05, 0) is 86.2 Å². The van der Waals surface area contributed by atoms with Gasteiger partial charge in [-0.25, -0.2) is 0 Å². The molecule has 0 spiro atoms. The summed E-state index contributed by atoms with van der Waals surface area (Å²) in [5.41, 5.74) is 20.6. The average Bonchev–Trinajstić information content (AvgIpc) is 3.30. The minimum atomic E-state index is -0.0118. The highest BCUT2D eigenvalue weighted by Gasteiger charge is 2.44. The Bertz CT molecular complexity index is 2910. The third-order valence-corrected chi connectivity index (χ3v) is 11.6. The number of rotatable bonds is 6. The molecule has 0 aliphatic carbocycles. The molecule has 0 aromatic heterocycles. The van der Waals surface area contributed by atoms with Gasteiger partial charge in [0.15, 0.2) is 0 Å². The van der Waals surface area contributed by atoms with Crippen molar-refractivity contribution >= 4 is 57.2 Å². The van der Waals surface area contributed by atoms with E-state index in [2.05, 4.69) is 234 Å². The minimum absolute atomic E-state index is 0.0118. The number of hydrogen-bond acceptors (Lipinski definition) is 2. The fourth-order valence-electron chi connectivity index (χ4n) is 9.16. The normalized spacial score (nSPS) is 12.5. The van der Waals surface area contributed by atoms with Gasteiger partial charge >= 0.3 is 0 Å². The van der Waals surface area contributed by atoms with Gasteiger partial charge in [-0.1, -0.05) is 188 Å². The molecule has 266 valence electrons. The molecule has 57 heavy (non-hydrogen) atoms. The summed E-state index contributed by atoms with van der Waals surface area (Å²) in [4.78, 5) is 5.05. The number of fused-ring (bicyclic) bond motifs is 4. The minimum Gasteiger partial charge on any atom is -0.311 e. The number of hydrogen-bond donors (Lipinski definition) is 0. The predicted octanol–water partition coefficient (Wildman–Crippen LogP) is 12.4. The zero-order valence-electron chi connectivity index (χ0n) is 31.3. The van der Waals surface area contributed by atoms with Gasteiger partial charge in [-0.3, -0.25) is 0 Å². The summed E-state index contributed by atoms with van der Waals surface area (Å²) in [5.74, 6) is 0. The number of benzene rings is 9. The Hall–Kier alpha value is -7.36. The van der Waals surface area contributed by atoms with Gasteiger partial charge in [-0.15, -0.1) is 0 Å². The van der Waals surface area contributed by atoms with Gasteiger partial charge < -0.3 is 9.80 Å². The van der Waals surface area contributed by atoms with Crippen LogP contribution >= 0.6 is 0 Å². The van der Waals surface area contributed by atoms with Crippen LogP contribution in [-0.4, -0.2) is 6.71 Å². The molecule has 9 aromatic carbocycles. The molecule has 0 atom stereocenters. The van der Waals surface area contributed by atoms with Crippen LogP contribution in [0.25, 0.3) is 44.5 Å². The second-order valence-electron chi connectivity index (χ2n) is 14.9. The molecule has 9 aromatic rings. The van der Waals surface area contributed by atoms with Gasteiger partial charge in [0, 0.05) is 39.6 Å². The van der Waals surface area contributed by atoms with Crippen molar-refractivity contribution in [3.05, 3.63) is 224 Å². The maximum Gasteiger partial charge on any atom is 0.252 e. The van der Waals surface area contributed by atoms with Crippen LogP contribution in [0.2, 0.25) is 0 Å². The molecule has 3 heteroatoms. The van der Waals surface area contributed by atoms with E-state index in [1.165, 1.54) is 83.6 Å². The Morgan fingerprint density at radius 1 is 0.281 bits per heavy atom. The number of nitrogens with zero attached hydrogens (tertiary/aromatic N) is 2. The van der Waals surface area contributed by atoms with Crippen LogP contribution in [0.5, 0.6) is 0 Å². The molecule has 0 fully saturated rings. The van der Waals surface area contributed by atoms with Gasteiger partial charge in [0.05, 0.1) is 5.69 Å². The van der Waals surface area contributed by atoms with E-state index in [0.717, 1.165) is 11.4 Å². The van der Waals surface area contributed by atoms with E-state index < -0.39 is 0 Å². The average molecular weight is 725 g/mol. The quantitative estimate of drug-likeness (QED) is 0.158. The molecule has 2 aliphatic rings. The summed E-state index contributed by atoms with van der Waals surface area (Å²) in [5, 5.41) is 0. The highest BCUT2D eigenvalue weighted by atomic mass is 15.2. The molecule has 2 nitrogen and oxygen atoms in total. The van der Waals surface area contributed by atoms with Crippen molar-refractivity contribution in [1.82, 2.24) is 0 Å². The molecule has 0 saturated carbocycles. The van der Waals surface area contributed by atoms with Crippen LogP contribution in [0.15, 0.2) is 224 Å². The zero-order chi connectivity index (χ0) is 37.7. The first-order valence-electron chi connectivity index (χ1n) is 19.7. The lowest BCUT2D eigenvalue weighted by molar-refractivity contribution is 1.25. The van der Waals surface area contributed by atoms with Crippen molar-refractivity contribution in [2.24, 2.45) is 0 Å². The largest absolute Gasteiger partial charge is 0.311 e. The summed E-state index contributed by atoms with van der Waals surface area (Å²) >= 11 is 0. The third-order valence-electron chi connectivity index (χ3n) is 11.6. The Kier molecular flexibility index (Phi) is 7.96. The second kappa shape index (κ2) is 13.7. The van der Waals surface area contributed by atoms with Crippen LogP contribution in [0.1, 0.15) is 0 Å². The van der Waals surface area contributed by atoms with Gasteiger partial charge in [0.2, 0.25) is 0 Å². The lowest BCUT2D eigenvalue weighted by Crippen LogP contribution is -2.61. The zero-order valence-corrected chi connectivity index (χ0v) is 31.3. The van der Waals surface area contributed by atoms with E-state index in [0.29, 0.717) is 0 Å². The predicted molar refractivity (Wildman–Crippen MR) is 242 cm³/mol. The lowest BCUT2D eigenvalue weighted by Gasteiger charge is -2.45. The Morgan fingerprint density at radius 2 is 0.772 bits per heavy atom. The van der Waals surface area contributed by atoms with Crippen molar-refractivity contribution in [3.63, 3.8) is 0 Å². The van der Waals surface area contributed by atoms with E-state index in [1.54, 1.807) is 0 Å². The fourth-order valence-corrected chi connectivity index (χ4v) is 9.16. The van der Waals surface area contributed by atoms with Crippen molar-refractivity contribution in [3.8, 4) is 44.5 Å². The molecule has 11 rings (SSSR count). The number of anilines is 6. The second-order valence-corrected chi connectivity index (χ2v) is 14.9. The SMILES string of the molecule is c1ccc(-c2cccc(N3c4cccc5c4B(c4cc(-c6ccccc6)ccc4N5c4ccccc4-c4ccccc4)c4cccc(-c5ccccc5)c43)c2)cc1. The van der Waals surface area contributed by atoms with E-state index in [4.69, 9.17) is 0 Å². The number of para-hydroxylation sites is 2. The van der Waals surface area contributed by atoms with Crippen LogP contribution in [-0.2, 0) is 0 Å². The molecule has 0 bridgehead atoms. The molecule has 2 aliphatic heterocycles. The van der Waals surface area contributed by atoms with Gasteiger partial charge in [0.25, 0.3) is 6.71 Å². The van der Waals surface area contributed by atoms with E-state index in [1.807, 2.05) is 0 Å². The molecule has 0 saturated heterocycles. The molecule has 0 amide bonds. The highest BCUT2D eigenvalue weighted by Crippen LogP contribution is 2.48. The topological polar surface area (TPSA) is 6.48 Å². The molecular weight excluding hydrogens is 687 g/mol. The maximum atomic E-state index is 2.53. The summed E-state index contributed by atoms with van der Waals surface area (Å²) in [6.07, 6.45) is 0. The van der Waals surface area contributed by atoms with E-state index >= 15 is 0 Å². The van der Waals surface area contributed by atoms with Gasteiger partial charge in [-0.2, -0.15) is 0 Å². The van der Waals surface area contributed by atoms with Crippen molar-refractivity contribution in [1.29, 1.82) is 0 Å². The monoisotopic (exact) mass is 724 g/mol. The molecule has 0 N–H and O–H groups in total. The van der Waals surface area contributed by atoms with Crippen molar-refractivity contribution < 1.29 is 0 Å². The van der Waals surface area contributed by atoms with Crippen molar-refractivity contribution in [2.75, 3.05) is 9.80 Å². The van der Waals surface area contributed by atoms with Crippen LogP contribution in [0.4, 0.5) is 34.1 Å². The molecule has 0 unspecified atom stereocenters. The summed E-state index contributed by atoms with van der Waals surface area (Å²) in [6, 6.07) is 82.0. The molecule has 0 radical (unpaired) electrons. The molecule has 2 heterocycles. The first-order chi connectivity index (χ1) is 28.3. The van der Waals surface area contributed by atoms with Gasteiger partial charge in [0.1, 0.15) is 0 Å². The van der Waals surface area contributed by atoms with Crippen LogP contribution in [0.3, 0.4) is 0 Å². The Balaban J connectivity index is 1.23. The Labute approximate surface area is 334 Å². The molecular formula is C54H37BN2. The third kappa shape index (κ3) is 5.51. The smallest absolute Gasteiger partial charge is 0.252 e. The highest BCUT2D eigenvalue weighted by molar-refractivity contribution is 7.00. The van der Waals surface area contributed by atoms with Crippen molar-refractivity contribution in [2.45, 2.75) is 0 Å². The van der Waals surface area contributed by atoms with Crippen LogP contribution < -0.4 is 26.2 Å². The summed E-state index contributed by atoms with van der Waals surface area (Å²) in [6.45, 7) is -0.0118. The standard InChI is InChI=1S/C54H37BN2/c1-5-18-38(19-6-1)42-26-15-27-44(36-42)56-51-32-17-33-52-53(51)55(47-30-16-29-46(54(47)56)41-24-11-4-12-25-41)48-37-43(39-20-7-2-8-21-39)34-35-50(48)57(52)49-31-14-13-28-45(49)40-22-9-3-10-23-40/h1-37H. The van der Waals surface area contributed by atoms with Crippen LogP contribution in [0, 0.1) is 0 Å². The fraction of sp³-hybridized carbons (Fsp3) is 0.